The third-order valence-electron chi connectivity index (χ3n) is 2.53. The van der Waals surface area contributed by atoms with Crippen molar-refractivity contribution in [1.82, 2.24) is 10.3 Å². The number of pyridine rings is 1. The lowest BCUT2D eigenvalue weighted by Crippen LogP contribution is -2.29. The highest BCUT2D eigenvalue weighted by atomic mass is 16.3. The number of aliphatic hydroxyl groups is 1. The zero-order valence-electron chi connectivity index (χ0n) is 11.3. The van der Waals surface area contributed by atoms with Gasteiger partial charge in [-0.1, -0.05) is 26.8 Å². The summed E-state index contributed by atoms with van der Waals surface area (Å²) < 4.78 is 0. The highest BCUT2D eigenvalue weighted by Crippen LogP contribution is 2.20. The van der Waals surface area contributed by atoms with E-state index in [0.717, 1.165) is 24.2 Å². The molecule has 0 aliphatic carbocycles. The van der Waals surface area contributed by atoms with E-state index in [9.17, 15) is 5.11 Å². The topological polar surface area (TPSA) is 45.1 Å². The van der Waals surface area contributed by atoms with Crippen LogP contribution in [-0.4, -0.2) is 22.7 Å². The van der Waals surface area contributed by atoms with Crippen molar-refractivity contribution in [2.45, 2.75) is 46.8 Å². The fraction of sp³-hybridized carbons (Fsp3) is 0.643. The van der Waals surface area contributed by atoms with Gasteiger partial charge < -0.3 is 10.4 Å². The molecule has 17 heavy (non-hydrogen) atoms. The highest BCUT2D eigenvalue weighted by Gasteiger charge is 2.15. The van der Waals surface area contributed by atoms with Crippen molar-refractivity contribution < 1.29 is 5.11 Å². The normalized spacial score (nSPS) is 13.7. The van der Waals surface area contributed by atoms with E-state index in [1.807, 2.05) is 19.2 Å². The van der Waals surface area contributed by atoms with Crippen molar-refractivity contribution in [3.63, 3.8) is 0 Å². The first-order valence-corrected chi connectivity index (χ1v) is 6.17. The molecular weight excluding hydrogens is 212 g/mol. The molecule has 0 saturated carbocycles. The predicted octanol–water partition coefficient (Wildman–Crippen LogP) is 2.28. The first-order valence-electron chi connectivity index (χ1n) is 6.17. The molecule has 1 rings (SSSR count). The Labute approximate surface area is 104 Å². The van der Waals surface area contributed by atoms with Gasteiger partial charge in [-0.25, -0.2) is 0 Å². The van der Waals surface area contributed by atoms with E-state index in [1.165, 1.54) is 0 Å². The van der Waals surface area contributed by atoms with Crippen LogP contribution in [0.25, 0.3) is 0 Å². The van der Waals surface area contributed by atoms with Gasteiger partial charge in [-0.05, 0) is 30.4 Å². The minimum absolute atomic E-state index is 0.173. The Morgan fingerprint density at radius 1 is 1.35 bits per heavy atom. The predicted molar refractivity (Wildman–Crippen MR) is 70.8 cm³/mol. The average molecular weight is 236 g/mol. The molecule has 1 atom stereocenters. The molecular formula is C14H24N2O. The van der Waals surface area contributed by atoms with E-state index in [2.05, 4.69) is 37.1 Å². The van der Waals surface area contributed by atoms with Crippen LogP contribution in [0.15, 0.2) is 18.3 Å². The van der Waals surface area contributed by atoms with Crippen LogP contribution in [-0.2, 0) is 6.54 Å². The van der Waals surface area contributed by atoms with E-state index in [0.29, 0.717) is 6.54 Å². The summed E-state index contributed by atoms with van der Waals surface area (Å²) in [6, 6.07) is 4.06. The van der Waals surface area contributed by atoms with Crippen molar-refractivity contribution in [2.24, 2.45) is 5.41 Å². The molecule has 0 radical (unpaired) electrons. The van der Waals surface area contributed by atoms with Crippen LogP contribution in [0.3, 0.4) is 0 Å². The second kappa shape index (κ2) is 6.12. The van der Waals surface area contributed by atoms with E-state index in [4.69, 9.17) is 0 Å². The Bertz CT molecular complexity index is 327. The van der Waals surface area contributed by atoms with Crippen LogP contribution >= 0.6 is 0 Å². The first-order chi connectivity index (χ1) is 7.87. The van der Waals surface area contributed by atoms with Gasteiger partial charge in [-0.15, -0.1) is 0 Å². The van der Waals surface area contributed by atoms with Crippen LogP contribution in [0.4, 0.5) is 0 Å². The monoisotopic (exact) mass is 236 g/mol. The van der Waals surface area contributed by atoms with Gasteiger partial charge in [-0.2, -0.15) is 0 Å². The minimum atomic E-state index is -0.284. The molecule has 0 fully saturated rings. The Morgan fingerprint density at radius 3 is 2.59 bits per heavy atom. The van der Waals surface area contributed by atoms with Gasteiger partial charge in [0.1, 0.15) is 0 Å². The third kappa shape index (κ3) is 6.39. The van der Waals surface area contributed by atoms with Gasteiger partial charge in [0.2, 0.25) is 0 Å². The zero-order chi connectivity index (χ0) is 12.9. The van der Waals surface area contributed by atoms with E-state index < -0.39 is 0 Å². The number of rotatable bonds is 5. The Hall–Kier alpha value is -0.930. The first kappa shape index (κ1) is 14.1. The Morgan fingerprint density at radius 2 is 2.06 bits per heavy atom. The molecule has 0 spiro atoms. The lowest BCUT2D eigenvalue weighted by Gasteiger charge is -2.22. The molecule has 96 valence electrons. The molecule has 1 aromatic heterocycles. The molecule has 1 aromatic rings. The number of aliphatic hydroxyl groups excluding tert-OH is 1. The van der Waals surface area contributed by atoms with E-state index in [-0.39, 0.29) is 11.5 Å². The fourth-order valence-corrected chi connectivity index (χ4v) is 1.77. The fourth-order valence-electron chi connectivity index (χ4n) is 1.77. The van der Waals surface area contributed by atoms with Crippen molar-refractivity contribution in [3.8, 4) is 0 Å². The van der Waals surface area contributed by atoms with Gasteiger partial charge in [0.25, 0.3) is 0 Å². The molecule has 0 saturated heterocycles. The Kier molecular flexibility index (Phi) is 5.09. The number of nitrogens with one attached hydrogen (secondary N) is 1. The standard InChI is InChI=1S/C14H24N2O/c1-11-5-6-12(9-16-11)8-15-10-13(17)7-14(2,3)4/h5-6,9,13,15,17H,7-8,10H2,1-4H3. The number of aromatic nitrogens is 1. The van der Waals surface area contributed by atoms with Crippen molar-refractivity contribution in [2.75, 3.05) is 6.54 Å². The lowest BCUT2D eigenvalue weighted by atomic mass is 9.89. The van der Waals surface area contributed by atoms with Crippen LogP contribution < -0.4 is 5.32 Å². The molecule has 0 amide bonds. The van der Waals surface area contributed by atoms with Crippen molar-refractivity contribution in [3.05, 3.63) is 29.6 Å². The smallest absolute Gasteiger partial charge is 0.0669 e. The van der Waals surface area contributed by atoms with E-state index in [1.54, 1.807) is 0 Å². The number of nitrogens with zero attached hydrogens (tertiary/aromatic N) is 1. The number of hydrogen-bond donors (Lipinski definition) is 2. The van der Waals surface area contributed by atoms with Gasteiger partial charge in [0.05, 0.1) is 6.10 Å². The summed E-state index contributed by atoms with van der Waals surface area (Å²) in [6.45, 7) is 9.78. The van der Waals surface area contributed by atoms with Crippen LogP contribution in [0.1, 0.15) is 38.4 Å². The summed E-state index contributed by atoms with van der Waals surface area (Å²) in [5.41, 5.74) is 2.35. The number of aryl methyl sites for hydroxylation is 1. The lowest BCUT2D eigenvalue weighted by molar-refractivity contribution is 0.119. The average Bonchev–Trinajstić information content (AvgIpc) is 2.18. The summed E-state index contributed by atoms with van der Waals surface area (Å²) in [7, 11) is 0. The van der Waals surface area contributed by atoms with Crippen LogP contribution in [0.5, 0.6) is 0 Å². The summed E-state index contributed by atoms with van der Waals surface area (Å²) in [5, 5.41) is 13.1. The molecule has 0 bridgehead atoms. The van der Waals surface area contributed by atoms with Crippen molar-refractivity contribution >= 4 is 0 Å². The number of hydrogen-bond acceptors (Lipinski definition) is 3. The third-order valence-corrected chi connectivity index (χ3v) is 2.53. The summed E-state index contributed by atoms with van der Waals surface area (Å²) in [5.74, 6) is 0. The SMILES string of the molecule is Cc1ccc(CNCC(O)CC(C)(C)C)cn1. The Balaban J connectivity index is 2.26. The highest BCUT2D eigenvalue weighted by molar-refractivity contribution is 5.12. The summed E-state index contributed by atoms with van der Waals surface area (Å²) in [6.07, 6.45) is 2.40. The molecule has 3 nitrogen and oxygen atoms in total. The molecule has 3 heteroatoms. The minimum Gasteiger partial charge on any atom is -0.392 e. The maximum Gasteiger partial charge on any atom is 0.0669 e. The van der Waals surface area contributed by atoms with E-state index >= 15 is 0 Å². The molecule has 0 aromatic carbocycles. The molecule has 2 N–H and O–H groups in total. The molecule has 1 unspecified atom stereocenters. The largest absolute Gasteiger partial charge is 0.392 e. The zero-order valence-corrected chi connectivity index (χ0v) is 11.3. The van der Waals surface area contributed by atoms with Crippen LogP contribution in [0.2, 0.25) is 0 Å². The maximum atomic E-state index is 9.83. The van der Waals surface area contributed by atoms with Gasteiger partial charge in [0.15, 0.2) is 0 Å². The molecule has 0 aliphatic heterocycles. The summed E-state index contributed by atoms with van der Waals surface area (Å²) >= 11 is 0. The quantitative estimate of drug-likeness (QED) is 0.824. The van der Waals surface area contributed by atoms with Gasteiger partial charge in [0, 0.05) is 25.0 Å². The summed E-state index contributed by atoms with van der Waals surface area (Å²) in [4.78, 5) is 4.23. The van der Waals surface area contributed by atoms with Gasteiger partial charge in [-0.3, -0.25) is 4.98 Å². The van der Waals surface area contributed by atoms with Crippen LogP contribution in [0, 0.1) is 12.3 Å². The maximum absolute atomic E-state index is 9.83. The van der Waals surface area contributed by atoms with Crippen molar-refractivity contribution in [1.29, 1.82) is 0 Å². The second-order valence-electron chi connectivity index (χ2n) is 5.86. The second-order valence-corrected chi connectivity index (χ2v) is 5.86. The molecule has 0 aliphatic rings. The van der Waals surface area contributed by atoms with Gasteiger partial charge >= 0.3 is 0 Å². The molecule has 1 heterocycles.